The van der Waals surface area contributed by atoms with Gasteiger partial charge in [-0.3, -0.25) is 4.79 Å². The van der Waals surface area contributed by atoms with Crippen LogP contribution in [0.5, 0.6) is 0 Å². The standard InChI is InChI=1S/C18H25ClN2O4/c1-11(16(25-2)14-5-3-4-6-15(14)19)20-18(24)21-13-9-7-12(8-10-13)17(22)23/h3-6,11-13,16H,7-10H2,1-2H3,(H,22,23)(H2,20,21,24). The number of hydrogen-bond donors (Lipinski definition) is 3. The summed E-state index contributed by atoms with van der Waals surface area (Å²) < 4.78 is 5.52. The molecular formula is C18H25ClN2O4. The van der Waals surface area contributed by atoms with E-state index in [0.29, 0.717) is 30.7 Å². The number of carbonyl (C=O) groups is 2. The van der Waals surface area contributed by atoms with Gasteiger partial charge in [-0.1, -0.05) is 29.8 Å². The lowest BCUT2D eigenvalue weighted by Gasteiger charge is -2.29. The van der Waals surface area contributed by atoms with Gasteiger partial charge in [0.1, 0.15) is 6.10 Å². The molecule has 1 aliphatic rings. The van der Waals surface area contributed by atoms with Crippen LogP contribution in [0.15, 0.2) is 24.3 Å². The zero-order chi connectivity index (χ0) is 18.4. The third-order valence-corrected chi connectivity index (χ3v) is 5.03. The Morgan fingerprint density at radius 1 is 1.24 bits per heavy atom. The number of ether oxygens (including phenoxy) is 1. The van der Waals surface area contributed by atoms with Gasteiger partial charge in [-0.25, -0.2) is 4.79 Å². The Kier molecular flexibility index (Phi) is 7.08. The first-order chi connectivity index (χ1) is 11.9. The van der Waals surface area contributed by atoms with Crippen LogP contribution >= 0.6 is 11.6 Å². The van der Waals surface area contributed by atoms with E-state index in [2.05, 4.69) is 10.6 Å². The van der Waals surface area contributed by atoms with Crippen molar-refractivity contribution in [1.29, 1.82) is 0 Å². The van der Waals surface area contributed by atoms with Crippen LogP contribution in [0.3, 0.4) is 0 Å². The van der Waals surface area contributed by atoms with Crippen molar-refractivity contribution in [2.75, 3.05) is 7.11 Å². The molecular weight excluding hydrogens is 344 g/mol. The molecule has 2 rings (SSSR count). The average Bonchev–Trinajstić information content (AvgIpc) is 2.57. The largest absolute Gasteiger partial charge is 0.481 e. The minimum absolute atomic E-state index is 0.00380. The second-order valence-electron chi connectivity index (χ2n) is 6.47. The molecule has 1 aliphatic carbocycles. The molecule has 7 heteroatoms. The van der Waals surface area contributed by atoms with Gasteiger partial charge in [-0.2, -0.15) is 0 Å². The summed E-state index contributed by atoms with van der Waals surface area (Å²) >= 11 is 6.22. The summed E-state index contributed by atoms with van der Waals surface area (Å²) in [6.45, 7) is 1.86. The molecule has 1 aromatic rings. The molecule has 1 aromatic carbocycles. The SMILES string of the molecule is COC(c1ccccc1Cl)C(C)NC(=O)NC1CCC(C(=O)O)CC1. The van der Waals surface area contributed by atoms with Gasteiger partial charge in [-0.15, -0.1) is 0 Å². The third kappa shape index (κ3) is 5.34. The average molecular weight is 369 g/mol. The molecule has 2 amide bonds. The van der Waals surface area contributed by atoms with E-state index in [-0.39, 0.29) is 30.1 Å². The van der Waals surface area contributed by atoms with E-state index in [1.807, 2.05) is 25.1 Å². The quantitative estimate of drug-likeness (QED) is 0.718. The van der Waals surface area contributed by atoms with E-state index in [1.54, 1.807) is 13.2 Å². The molecule has 25 heavy (non-hydrogen) atoms. The third-order valence-electron chi connectivity index (χ3n) is 4.69. The topological polar surface area (TPSA) is 87.7 Å². The summed E-state index contributed by atoms with van der Waals surface area (Å²) in [5.74, 6) is -1.04. The first-order valence-electron chi connectivity index (χ1n) is 8.49. The molecule has 0 bridgehead atoms. The van der Waals surface area contributed by atoms with Gasteiger partial charge in [0.15, 0.2) is 0 Å². The van der Waals surface area contributed by atoms with Gasteiger partial charge < -0.3 is 20.5 Å². The summed E-state index contributed by atoms with van der Waals surface area (Å²) in [7, 11) is 1.58. The molecule has 1 fully saturated rings. The molecule has 6 nitrogen and oxygen atoms in total. The van der Waals surface area contributed by atoms with Crippen LogP contribution in [-0.2, 0) is 9.53 Å². The summed E-state index contributed by atoms with van der Waals surface area (Å²) in [5.41, 5.74) is 0.821. The van der Waals surface area contributed by atoms with Crippen LogP contribution in [0.2, 0.25) is 5.02 Å². The van der Waals surface area contributed by atoms with E-state index in [4.69, 9.17) is 21.4 Å². The molecule has 0 radical (unpaired) electrons. The van der Waals surface area contributed by atoms with E-state index in [9.17, 15) is 9.59 Å². The van der Waals surface area contributed by atoms with Gasteiger partial charge in [0, 0.05) is 23.7 Å². The predicted molar refractivity (Wildman–Crippen MR) is 95.7 cm³/mol. The predicted octanol–water partition coefficient (Wildman–Crippen LogP) is 3.36. The van der Waals surface area contributed by atoms with Crippen LogP contribution in [0.1, 0.15) is 44.3 Å². The Morgan fingerprint density at radius 3 is 2.44 bits per heavy atom. The minimum atomic E-state index is -0.751. The number of amides is 2. The molecule has 0 heterocycles. The highest BCUT2D eigenvalue weighted by atomic mass is 35.5. The van der Waals surface area contributed by atoms with Crippen molar-refractivity contribution in [3.05, 3.63) is 34.9 Å². The van der Waals surface area contributed by atoms with Crippen LogP contribution < -0.4 is 10.6 Å². The van der Waals surface area contributed by atoms with Crippen molar-refractivity contribution < 1.29 is 19.4 Å². The first-order valence-corrected chi connectivity index (χ1v) is 8.87. The number of carboxylic acids is 1. The molecule has 0 aliphatic heterocycles. The van der Waals surface area contributed by atoms with Crippen LogP contribution in [0.25, 0.3) is 0 Å². The van der Waals surface area contributed by atoms with E-state index >= 15 is 0 Å². The number of benzene rings is 1. The molecule has 0 aromatic heterocycles. The van der Waals surface area contributed by atoms with E-state index in [0.717, 1.165) is 5.56 Å². The molecule has 2 atom stereocenters. The first kappa shape index (κ1) is 19.5. The summed E-state index contributed by atoms with van der Waals surface area (Å²) in [5, 5.41) is 15.4. The maximum atomic E-state index is 12.2. The van der Waals surface area contributed by atoms with Gasteiger partial charge in [0.05, 0.1) is 12.0 Å². The molecule has 0 saturated heterocycles. The zero-order valence-electron chi connectivity index (χ0n) is 14.5. The number of aliphatic carboxylic acids is 1. The molecule has 1 saturated carbocycles. The number of methoxy groups -OCH3 is 1. The zero-order valence-corrected chi connectivity index (χ0v) is 15.3. The smallest absolute Gasteiger partial charge is 0.315 e. The Hall–Kier alpha value is -1.79. The molecule has 3 N–H and O–H groups in total. The van der Waals surface area contributed by atoms with Crippen molar-refractivity contribution in [3.63, 3.8) is 0 Å². The second kappa shape index (κ2) is 9.06. The molecule has 138 valence electrons. The fraction of sp³-hybridized carbons (Fsp3) is 0.556. The fourth-order valence-electron chi connectivity index (χ4n) is 3.30. The lowest BCUT2D eigenvalue weighted by Crippen LogP contribution is -2.48. The highest BCUT2D eigenvalue weighted by Gasteiger charge is 2.28. The van der Waals surface area contributed by atoms with Gasteiger partial charge in [-0.05, 0) is 38.7 Å². The normalized spacial score (nSPS) is 22.7. The summed E-state index contributed by atoms with van der Waals surface area (Å²) in [6, 6.07) is 6.83. The lowest BCUT2D eigenvalue weighted by atomic mass is 9.86. The summed E-state index contributed by atoms with van der Waals surface area (Å²) in [4.78, 5) is 23.2. The van der Waals surface area contributed by atoms with Gasteiger partial charge >= 0.3 is 12.0 Å². The number of carbonyl (C=O) groups excluding carboxylic acids is 1. The van der Waals surface area contributed by atoms with Gasteiger partial charge in [0.25, 0.3) is 0 Å². The number of rotatable bonds is 6. The van der Waals surface area contributed by atoms with Crippen molar-refractivity contribution >= 4 is 23.6 Å². The maximum absolute atomic E-state index is 12.2. The minimum Gasteiger partial charge on any atom is -0.481 e. The van der Waals surface area contributed by atoms with Crippen LogP contribution in [0, 0.1) is 5.92 Å². The number of urea groups is 1. The molecule has 2 unspecified atom stereocenters. The van der Waals surface area contributed by atoms with Crippen molar-refractivity contribution in [1.82, 2.24) is 10.6 Å². The Balaban J connectivity index is 1.87. The number of nitrogens with one attached hydrogen (secondary N) is 2. The van der Waals surface area contributed by atoms with E-state index in [1.165, 1.54) is 0 Å². The lowest BCUT2D eigenvalue weighted by molar-refractivity contribution is -0.142. The Bertz CT molecular complexity index is 602. The number of halogens is 1. The Morgan fingerprint density at radius 2 is 1.88 bits per heavy atom. The van der Waals surface area contributed by atoms with Crippen LogP contribution in [0.4, 0.5) is 4.79 Å². The van der Waals surface area contributed by atoms with Crippen molar-refractivity contribution in [2.45, 2.75) is 50.8 Å². The van der Waals surface area contributed by atoms with Gasteiger partial charge in [0.2, 0.25) is 0 Å². The summed E-state index contributed by atoms with van der Waals surface area (Å²) in [6.07, 6.45) is 2.18. The van der Waals surface area contributed by atoms with Crippen molar-refractivity contribution in [2.24, 2.45) is 5.92 Å². The highest BCUT2D eigenvalue weighted by Crippen LogP contribution is 2.28. The second-order valence-corrected chi connectivity index (χ2v) is 6.88. The van der Waals surface area contributed by atoms with E-state index < -0.39 is 5.97 Å². The van der Waals surface area contributed by atoms with Crippen LogP contribution in [-0.4, -0.2) is 36.3 Å². The fourth-order valence-corrected chi connectivity index (χ4v) is 3.54. The highest BCUT2D eigenvalue weighted by molar-refractivity contribution is 6.31. The number of hydrogen-bond acceptors (Lipinski definition) is 3. The number of carboxylic acid groups (broad SMARTS) is 1. The Labute approximate surface area is 152 Å². The van der Waals surface area contributed by atoms with Crippen molar-refractivity contribution in [3.8, 4) is 0 Å². The monoisotopic (exact) mass is 368 g/mol. The maximum Gasteiger partial charge on any atom is 0.315 e. The molecule has 0 spiro atoms.